The Morgan fingerprint density at radius 1 is 1.05 bits per heavy atom. The highest BCUT2D eigenvalue weighted by Crippen LogP contribution is 2.27. The first-order chi connectivity index (χ1) is 9.60. The molecule has 2 aromatic rings. The minimum absolute atomic E-state index is 0.611. The van der Waals surface area contributed by atoms with Gasteiger partial charge in [0.2, 0.25) is 5.88 Å². The maximum Gasteiger partial charge on any atom is 0.227 e. The molecule has 106 valence electrons. The molecule has 0 saturated carbocycles. The van der Waals surface area contributed by atoms with Crippen LogP contribution in [0.4, 0.5) is 5.82 Å². The van der Waals surface area contributed by atoms with E-state index in [0.29, 0.717) is 11.7 Å². The second kappa shape index (κ2) is 6.37. The largest absolute Gasteiger partial charge is 0.439 e. The molecule has 0 fully saturated rings. The molecule has 4 nitrogen and oxygen atoms in total. The van der Waals surface area contributed by atoms with Crippen LogP contribution >= 0.6 is 0 Å². The maximum atomic E-state index is 5.87. The molecule has 0 bridgehead atoms. The smallest absolute Gasteiger partial charge is 0.227 e. The van der Waals surface area contributed by atoms with E-state index in [4.69, 9.17) is 4.74 Å². The van der Waals surface area contributed by atoms with Crippen molar-refractivity contribution >= 4 is 5.82 Å². The highest BCUT2D eigenvalue weighted by Gasteiger charge is 2.10. The van der Waals surface area contributed by atoms with Gasteiger partial charge in [0.1, 0.15) is 17.4 Å². The first kappa shape index (κ1) is 14.3. The molecule has 4 heteroatoms. The van der Waals surface area contributed by atoms with E-state index >= 15 is 0 Å². The molecule has 0 radical (unpaired) electrons. The van der Waals surface area contributed by atoms with Crippen LogP contribution < -0.4 is 10.1 Å². The maximum absolute atomic E-state index is 5.87. The van der Waals surface area contributed by atoms with Gasteiger partial charge in [-0.15, -0.1) is 0 Å². The van der Waals surface area contributed by atoms with Crippen molar-refractivity contribution < 1.29 is 4.74 Å². The lowest BCUT2D eigenvalue weighted by Gasteiger charge is -2.13. The molecule has 0 atom stereocenters. The monoisotopic (exact) mass is 271 g/mol. The van der Waals surface area contributed by atoms with Gasteiger partial charge in [-0.25, -0.2) is 4.98 Å². The Labute approximate surface area is 120 Å². The van der Waals surface area contributed by atoms with Gasteiger partial charge >= 0.3 is 0 Å². The average Bonchev–Trinajstić information content (AvgIpc) is 2.43. The molecule has 0 spiro atoms. The number of rotatable bonds is 5. The lowest BCUT2D eigenvalue weighted by atomic mass is 10.2. The van der Waals surface area contributed by atoms with Crippen LogP contribution in [-0.4, -0.2) is 16.5 Å². The van der Waals surface area contributed by atoms with Crippen LogP contribution in [0.5, 0.6) is 11.6 Å². The van der Waals surface area contributed by atoms with Crippen molar-refractivity contribution in [2.75, 3.05) is 11.9 Å². The molecule has 20 heavy (non-hydrogen) atoms. The molecule has 0 aliphatic carbocycles. The summed E-state index contributed by atoms with van der Waals surface area (Å²) in [7, 11) is 0. The van der Waals surface area contributed by atoms with E-state index < -0.39 is 0 Å². The first-order valence-electron chi connectivity index (χ1n) is 6.93. The molecular formula is C16H21N3O. The summed E-state index contributed by atoms with van der Waals surface area (Å²) in [5.41, 5.74) is 2.14. The van der Waals surface area contributed by atoms with E-state index in [9.17, 15) is 0 Å². The van der Waals surface area contributed by atoms with Crippen LogP contribution in [0.15, 0.2) is 24.3 Å². The van der Waals surface area contributed by atoms with Gasteiger partial charge in [0.15, 0.2) is 0 Å². The Bertz CT molecular complexity index is 579. The summed E-state index contributed by atoms with van der Waals surface area (Å²) in [6, 6.07) is 7.95. The van der Waals surface area contributed by atoms with E-state index in [1.165, 1.54) is 5.56 Å². The molecule has 1 heterocycles. The van der Waals surface area contributed by atoms with E-state index in [0.717, 1.165) is 30.1 Å². The van der Waals surface area contributed by atoms with E-state index in [1.54, 1.807) is 0 Å². The van der Waals surface area contributed by atoms with Gasteiger partial charge < -0.3 is 10.1 Å². The zero-order valence-electron chi connectivity index (χ0n) is 12.5. The Hall–Kier alpha value is -2.10. The van der Waals surface area contributed by atoms with E-state index in [1.807, 2.05) is 38.1 Å². The third kappa shape index (κ3) is 3.47. The van der Waals surface area contributed by atoms with Gasteiger partial charge in [-0.2, -0.15) is 4.98 Å². The summed E-state index contributed by atoms with van der Waals surface area (Å²) >= 11 is 0. The number of aryl methyl sites for hydroxylation is 2. The Morgan fingerprint density at radius 3 is 2.40 bits per heavy atom. The molecule has 1 N–H and O–H groups in total. The molecule has 0 amide bonds. The number of hydrogen-bond donors (Lipinski definition) is 1. The number of ether oxygens (including phenoxy) is 1. The fraction of sp³-hybridized carbons (Fsp3) is 0.375. The zero-order valence-corrected chi connectivity index (χ0v) is 12.5. The van der Waals surface area contributed by atoms with Crippen LogP contribution in [0.25, 0.3) is 0 Å². The number of nitrogens with zero attached hydrogens (tertiary/aromatic N) is 2. The SMILES string of the molecule is CCCNc1nc(C)nc(Oc2ccc(C)cc2)c1C. The zero-order chi connectivity index (χ0) is 14.5. The van der Waals surface area contributed by atoms with E-state index in [2.05, 4.69) is 29.1 Å². The third-order valence-corrected chi connectivity index (χ3v) is 2.99. The topological polar surface area (TPSA) is 47.0 Å². The highest BCUT2D eigenvalue weighted by molar-refractivity contribution is 5.49. The second-order valence-electron chi connectivity index (χ2n) is 4.89. The molecule has 1 aromatic carbocycles. The van der Waals surface area contributed by atoms with Crippen molar-refractivity contribution in [3.63, 3.8) is 0 Å². The fourth-order valence-electron chi connectivity index (χ4n) is 1.84. The Morgan fingerprint density at radius 2 is 1.75 bits per heavy atom. The van der Waals surface area contributed by atoms with E-state index in [-0.39, 0.29) is 0 Å². The van der Waals surface area contributed by atoms with Crippen LogP contribution in [0.1, 0.15) is 30.3 Å². The van der Waals surface area contributed by atoms with Gasteiger partial charge in [0.05, 0.1) is 5.56 Å². The molecule has 0 aliphatic heterocycles. The molecule has 0 aliphatic rings. The summed E-state index contributed by atoms with van der Waals surface area (Å²) in [5, 5.41) is 3.31. The minimum Gasteiger partial charge on any atom is -0.439 e. The fourth-order valence-corrected chi connectivity index (χ4v) is 1.84. The Kier molecular flexibility index (Phi) is 4.56. The van der Waals surface area contributed by atoms with Crippen LogP contribution in [0.2, 0.25) is 0 Å². The molecule has 2 rings (SSSR count). The van der Waals surface area contributed by atoms with Gasteiger partial charge in [-0.05, 0) is 39.3 Å². The molecular weight excluding hydrogens is 250 g/mol. The summed E-state index contributed by atoms with van der Waals surface area (Å²) in [5.74, 6) is 2.95. The number of aromatic nitrogens is 2. The van der Waals surface area contributed by atoms with Gasteiger partial charge in [-0.3, -0.25) is 0 Å². The predicted octanol–water partition coefficient (Wildman–Crippen LogP) is 4.02. The van der Waals surface area contributed by atoms with Gasteiger partial charge in [0, 0.05) is 6.54 Å². The number of anilines is 1. The summed E-state index contributed by atoms with van der Waals surface area (Å²) in [6.07, 6.45) is 1.05. The normalized spacial score (nSPS) is 10.4. The van der Waals surface area contributed by atoms with Gasteiger partial charge in [0.25, 0.3) is 0 Å². The van der Waals surface area contributed by atoms with Crippen molar-refractivity contribution in [1.29, 1.82) is 0 Å². The Balaban J connectivity index is 2.26. The highest BCUT2D eigenvalue weighted by atomic mass is 16.5. The third-order valence-electron chi connectivity index (χ3n) is 2.99. The number of nitrogens with one attached hydrogen (secondary N) is 1. The second-order valence-corrected chi connectivity index (χ2v) is 4.89. The van der Waals surface area contributed by atoms with Crippen molar-refractivity contribution in [3.05, 3.63) is 41.2 Å². The van der Waals surface area contributed by atoms with Crippen LogP contribution in [-0.2, 0) is 0 Å². The number of benzene rings is 1. The van der Waals surface area contributed by atoms with Crippen molar-refractivity contribution in [2.45, 2.75) is 34.1 Å². The minimum atomic E-state index is 0.611. The summed E-state index contributed by atoms with van der Waals surface area (Å²) in [4.78, 5) is 8.81. The average molecular weight is 271 g/mol. The lowest BCUT2D eigenvalue weighted by molar-refractivity contribution is 0.456. The summed E-state index contributed by atoms with van der Waals surface area (Å²) < 4.78 is 5.87. The lowest BCUT2D eigenvalue weighted by Crippen LogP contribution is -2.07. The molecule has 0 saturated heterocycles. The van der Waals surface area contributed by atoms with Crippen LogP contribution in [0.3, 0.4) is 0 Å². The quantitative estimate of drug-likeness (QED) is 0.892. The first-order valence-corrected chi connectivity index (χ1v) is 6.93. The van der Waals surface area contributed by atoms with Gasteiger partial charge in [-0.1, -0.05) is 24.6 Å². The molecule has 0 unspecified atom stereocenters. The van der Waals surface area contributed by atoms with Crippen molar-refractivity contribution in [2.24, 2.45) is 0 Å². The van der Waals surface area contributed by atoms with Crippen molar-refractivity contribution in [1.82, 2.24) is 9.97 Å². The standard InChI is InChI=1S/C16H21N3O/c1-5-10-17-15-12(3)16(19-13(4)18-15)20-14-8-6-11(2)7-9-14/h6-9H,5,10H2,1-4H3,(H,17,18,19). The predicted molar refractivity (Wildman–Crippen MR) is 81.5 cm³/mol. The molecule has 1 aromatic heterocycles. The van der Waals surface area contributed by atoms with Crippen LogP contribution in [0, 0.1) is 20.8 Å². The summed E-state index contributed by atoms with van der Waals surface area (Å²) in [6.45, 7) is 8.91. The number of hydrogen-bond acceptors (Lipinski definition) is 4. The van der Waals surface area contributed by atoms with Crippen molar-refractivity contribution in [3.8, 4) is 11.6 Å².